The van der Waals surface area contributed by atoms with E-state index < -0.39 is 11.9 Å². The Labute approximate surface area is 143 Å². The lowest BCUT2D eigenvalue weighted by Crippen LogP contribution is -2.30. The average molecular weight is 343 g/mol. The van der Waals surface area contributed by atoms with Crippen molar-refractivity contribution in [2.24, 2.45) is 0 Å². The number of aromatic nitrogens is 2. The van der Waals surface area contributed by atoms with Gasteiger partial charge in [-0.2, -0.15) is 0 Å². The molecule has 2 aromatic heterocycles. The summed E-state index contributed by atoms with van der Waals surface area (Å²) in [6.45, 7) is 1.41. The molecule has 6 nitrogen and oxygen atoms in total. The standard InChI is InChI=1S/C18H18FN3O3/c19-13-4-1-3-12(9-13)15-10-14(23)11-21(15)7-8-22-17-16(25-18(22)24)5-2-6-20-17/h1-6,9,14-15,23H,7-8,10-11H2/t14-,15+/m1/s1. The normalized spacial score (nSPS) is 21.2. The van der Waals surface area contributed by atoms with Gasteiger partial charge in [0.2, 0.25) is 0 Å². The van der Waals surface area contributed by atoms with Crippen LogP contribution in [0.2, 0.25) is 0 Å². The monoisotopic (exact) mass is 343 g/mol. The Bertz CT molecular complexity index is 952. The van der Waals surface area contributed by atoms with Crippen LogP contribution in [0, 0.1) is 5.82 Å². The fourth-order valence-electron chi connectivity index (χ4n) is 3.51. The summed E-state index contributed by atoms with van der Waals surface area (Å²) in [5, 5.41) is 10.0. The Morgan fingerprint density at radius 3 is 3.00 bits per heavy atom. The third kappa shape index (κ3) is 3.08. The molecule has 4 rings (SSSR count). The van der Waals surface area contributed by atoms with Gasteiger partial charge >= 0.3 is 5.76 Å². The summed E-state index contributed by atoms with van der Waals surface area (Å²) in [7, 11) is 0. The molecule has 0 saturated carbocycles. The van der Waals surface area contributed by atoms with Gasteiger partial charge in [-0.3, -0.25) is 9.47 Å². The van der Waals surface area contributed by atoms with Crippen LogP contribution in [0.4, 0.5) is 4.39 Å². The number of β-amino-alcohol motifs (C(OH)–C–C–N with tert-alkyl or cyclic N) is 1. The van der Waals surface area contributed by atoms with Crippen LogP contribution in [0.3, 0.4) is 0 Å². The molecule has 3 aromatic rings. The van der Waals surface area contributed by atoms with Gasteiger partial charge in [-0.05, 0) is 36.2 Å². The molecule has 0 spiro atoms. The quantitative estimate of drug-likeness (QED) is 0.784. The number of hydrogen-bond acceptors (Lipinski definition) is 5. The number of benzene rings is 1. The Hall–Kier alpha value is -2.51. The summed E-state index contributed by atoms with van der Waals surface area (Å²) >= 11 is 0. The minimum atomic E-state index is -0.468. The van der Waals surface area contributed by atoms with Gasteiger partial charge in [0.25, 0.3) is 0 Å². The van der Waals surface area contributed by atoms with Crippen LogP contribution in [0.1, 0.15) is 18.0 Å². The van der Waals surface area contributed by atoms with E-state index in [-0.39, 0.29) is 11.9 Å². The molecular weight excluding hydrogens is 325 g/mol. The molecule has 0 aliphatic carbocycles. The number of fused-ring (bicyclic) bond motifs is 1. The second-order valence-electron chi connectivity index (χ2n) is 6.30. The Balaban J connectivity index is 1.56. The predicted octanol–water partition coefficient (Wildman–Crippen LogP) is 1.94. The van der Waals surface area contributed by atoms with Crippen LogP contribution in [0.25, 0.3) is 11.2 Å². The van der Waals surface area contributed by atoms with Crippen LogP contribution < -0.4 is 5.76 Å². The molecule has 0 unspecified atom stereocenters. The maximum absolute atomic E-state index is 13.5. The zero-order chi connectivity index (χ0) is 17.4. The molecular formula is C18H18FN3O3. The van der Waals surface area contributed by atoms with Crippen LogP contribution in [-0.4, -0.2) is 38.8 Å². The first kappa shape index (κ1) is 16.0. The van der Waals surface area contributed by atoms with E-state index in [2.05, 4.69) is 9.88 Å². The molecule has 7 heteroatoms. The maximum atomic E-state index is 13.5. The number of rotatable bonds is 4. The van der Waals surface area contributed by atoms with E-state index in [4.69, 9.17) is 4.42 Å². The number of nitrogens with zero attached hydrogens (tertiary/aromatic N) is 3. The van der Waals surface area contributed by atoms with Crippen molar-refractivity contribution >= 4 is 11.2 Å². The molecule has 0 radical (unpaired) electrons. The van der Waals surface area contributed by atoms with Gasteiger partial charge in [0.15, 0.2) is 11.2 Å². The Kier molecular flexibility index (Phi) is 4.10. The number of aliphatic hydroxyl groups is 1. The predicted molar refractivity (Wildman–Crippen MR) is 89.6 cm³/mol. The van der Waals surface area contributed by atoms with Crippen LogP contribution >= 0.6 is 0 Å². The molecule has 25 heavy (non-hydrogen) atoms. The highest BCUT2D eigenvalue weighted by atomic mass is 19.1. The van der Waals surface area contributed by atoms with E-state index in [0.717, 1.165) is 5.56 Å². The molecule has 1 N–H and O–H groups in total. The molecule has 1 aliphatic rings. The third-order valence-electron chi connectivity index (χ3n) is 4.65. The number of likely N-dealkylation sites (tertiary alicyclic amines) is 1. The van der Waals surface area contributed by atoms with E-state index in [0.29, 0.717) is 37.3 Å². The van der Waals surface area contributed by atoms with Gasteiger partial charge in [-0.25, -0.2) is 14.2 Å². The summed E-state index contributed by atoms with van der Waals surface area (Å²) in [4.78, 5) is 18.3. The molecule has 0 bridgehead atoms. The van der Waals surface area contributed by atoms with Crippen molar-refractivity contribution in [1.29, 1.82) is 0 Å². The van der Waals surface area contributed by atoms with Gasteiger partial charge in [-0.15, -0.1) is 0 Å². The lowest BCUT2D eigenvalue weighted by atomic mass is 10.0. The van der Waals surface area contributed by atoms with E-state index >= 15 is 0 Å². The van der Waals surface area contributed by atoms with Crippen molar-refractivity contribution < 1.29 is 13.9 Å². The van der Waals surface area contributed by atoms with E-state index in [1.165, 1.54) is 16.7 Å². The van der Waals surface area contributed by atoms with E-state index in [9.17, 15) is 14.3 Å². The van der Waals surface area contributed by atoms with Gasteiger partial charge in [0, 0.05) is 31.9 Å². The second-order valence-corrected chi connectivity index (χ2v) is 6.30. The van der Waals surface area contributed by atoms with Gasteiger partial charge < -0.3 is 9.52 Å². The summed E-state index contributed by atoms with van der Waals surface area (Å²) < 4.78 is 20.2. The fraction of sp³-hybridized carbons (Fsp3) is 0.333. The van der Waals surface area contributed by atoms with Crippen molar-refractivity contribution in [1.82, 2.24) is 14.5 Å². The lowest BCUT2D eigenvalue weighted by Gasteiger charge is -2.24. The maximum Gasteiger partial charge on any atom is 0.421 e. The summed E-state index contributed by atoms with van der Waals surface area (Å²) in [6.07, 6.45) is 1.69. The summed E-state index contributed by atoms with van der Waals surface area (Å²) in [5.74, 6) is -0.740. The zero-order valence-electron chi connectivity index (χ0n) is 13.5. The van der Waals surface area contributed by atoms with E-state index in [1.807, 2.05) is 6.07 Å². The molecule has 1 aliphatic heterocycles. The largest absolute Gasteiger partial charge is 0.421 e. The van der Waals surface area contributed by atoms with Crippen LogP contribution in [0.5, 0.6) is 0 Å². The molecule has 1 aromatic carbocycles. The first-order valence-corrected chi connectivity index (χ1v) is 8.24. The SMILES string of the molecule is O=c1oc2cccnc2n1CCN1C[C@H](O)C[C@H]1c1cccc(F)c1. The number of oxazole rings is 1. The number of aliphatic hydroxyl groups excluding tert-OH is 1. The molecule has 3 heterocycles. The fourth-order valence-corrected chi connectivity index (χ4v) is 3.51. The van der Waals surface area contributed by atoms with Crippen LogP contribution in [0.15, 0.2) is 51.8 Å². The van der Waals surface area contributed by atoms with Crippen LogP contribution in [-0.2, 0) is 6.54 Å². The average Bonchev–Trinajstić information content (AvgIpc) is 3.12. The zero-order valence-corrected chi connectivity index (χ0v) is 13.5. The third-order valence-corrected chi connectivity index (χ3v) is 4.65. The van der Waals surface area contributed by atoms with Crippen molar-refractivity contribution in [3.8, 4) is 0 Å². The number of halogens is 1. The molecule has 1 fully saturated rings. The summed E-state index contributed by atoms with van der Waals surface area (Å²) in [6, 6.07) is 9.78. The molecule has 2 atom stereocenters. The number of pyridine rings is 1. The van der Waals surface area contributed by atoms with Gasteiger partial charge in [0.1, 0.15) is 5.82 Å². The first-order chi connectivity index (χ1) is 12.1. The second kappa shape index (κ2) is 6.42. The molecule has 130 valence electrons. The van der Waals surface area contributed by atoms with Crippen molar-refractivity contribution in [3.05, 3.63) is 64.5 Å². The Morgan fingerprint density at radius 2 is 2.16 bits per heavy atom. The Morgan fingerprint density at radius 1 is 1.28 bits per heavy atom. The minimum Gasteiger partial charge on any atom is -0.406 e. The number of hydrogen-bond donors (Lipinski definition) is 1. The highest BCUT2D eigenvalue weighted by Crippen LogP contribution is 2.32. The first-order valence-electron chi connectivity index (χ1n) is 8.24. The van der Waals surface area contributed by atoms with Crippen molar-refractivity contribution in [2.45, 2.75) is 25.1 Å². The minimum absolute atomic E-state index is 0.0764. The molecule has 1 saturated heterocycles. The topological polar surface area (TPSA) is 71.5 Å². The van der Waals surface area contributed by atoms with E-state index in [1.54, 1.807) is 24.4 Å². The highest BCUT2D eigenvalue weighted by molar-refractivity contribution is 5.67. The van der Waals surface area contributed by atoms with Crippen molar-refractivity contribution in [3.63, 3.8) is 0 Å². The summed E-state index contributed by atoms with van der Waals surface area (Å²) in [5.41, 5.74) is 1.80. The smallest absolute Gasteiger partial charge is 0.406 e. The van der Waals surface area contributed by atoms with Gasteiger partial charge in [0.05, 0.1) is 6.10 Å². The lowest BCUT2D eigenvalue weighted by molar-refractivity contribution is 0.173. The molecule has 0 amide bonds. The van der Waals surface area contributed by atoms with Crippen molar-refractivity contribution in [2.75, 3.05) is 13.1 Å². The van der Waals surface area contributed by atoms with Gasteiger partial charge in [-0.1, -0.05) is 12.1 Å². The highest BCUT2D eigenvalue weighted by Gasteiger charge is 2.32.